The third-order valence-corrected chi connectivity index (χ3v) is 4.40. The van der Waals surface area contributed by atoms with E-state index >= 15 is 0 Å². The number of aromatic nitrogens is 1. The van der Waals surface area contributed by atoms with Gasteiger partial charge >= 0.3 is 5.97 Å². The molecule has 6 heteroatoms. The number of ether oxygens (including phenoxy) is 2. The molecule has 1 fully saturated rings. The molecule has 0 N–H and O–H groups in total. The molecule has 1 aromatic heterocycles. The summed E-state index contributed by atoms with van der Waals surface area (Å²) in [5.74, 6) is -0.248. The highest BCUT2D eigenvalue weighted by Gasteiger charge is 2.24. The van der Waals surface area contributed by atoms with Gasteiger partial charge in [-0.25, -0.2) is 0 Å². The quantitative estimate of drug-likeness (QED) is 0.805. The van der Waals surface area contributed by atoms with Gasteiger partial charge in [0.25, 0.3) is 0 Å². The van der Waals surface area contributed by atoms with Gasteiger partial charge in [-0.1, -0.05) is 23.7 Å². The Kier molecular flexibility index (Phi) is 5.10. The number of methoxy groups -OCH3 is 1. The second kappa shape index (κ2) is 7.25. The number of pyridine rings is 1. The smallest absolute Gasteiger partial charge is 0.308 e. The molecular formula is C17H19ClN2O3. The predicted octanol–water partition coefficient (Wildman–Crippen LogP) is 2.65. The highest BCUT2D eigenvalue weighted by Crippen LogP contribution is 2.26. The molecule has 1 aliphatic rings. The number of morpholine rings is 1. The number of halogens is 1. The van der Waals surface area contributed by atoms with E-state index in [1.165, 1.54) is 7.11 Å². The highest BCUT2D eigenvalue weighted by molar-refractivity contribution is 6.32. The fourth-order valence-electron chi connectivity index (χ4n) is 2.87. The van der Waals surface area contributed by atoms with E-state index in [-0.39, 0.29) is 18.5 Å². The molecule has 0 saturated carbocycles. The van der Waals surface area contributed by atoms with Crippen LogP contribution in [0.25, 0.3) is 10.9 Å². The van der Waals surface area contributed by atoms with Crippen LogP contribution in [0.1, 0.15) is 12.0 Å². The van der Waals surface area contributed by atoms with Gasteiger partial charge in [-0.15, -0.1) is 0 Å². The molecule has 5 nitrogen and oxygen atoms in total. The Bertz CT molecular complexity index is 707. The summed E-state index contributed by atoms with van der Waals surface area (Å²) in [5.41, 5.74) is 1.94. The molecule has 2 aromatic rings. The lowest BCUT2D eigenvalue weighted by Gasteiger charge is -2.32. The Morgan fingerprint density at radius 3 is 3.17 bits per heavy atom. The largest absolute Gasteiger partial charge is 0.469 e. The van der Waals surface area contributed by atoms with Crippen molar-refractivity contribution in [2.24, 2.45) is 0 Å². The summed E-state index contributed by atoms with van der Waals surface area (Å²) in [4.78, 5) is 18.1. The van der Waals surface area contributed by atoms with Crippen LogP contribution >= 0.6 is 11.6 Å². The van der Waals surface area contributed by atoms with E-state index in [4.69, 9.17) is 21.1 Å². The van der Waals surface area contributed by atoms with Crippen molar-refractivity contribution in [3.05, 3.63) is 41.0 Å². The molecule has 23 heavy (non-hydrogen) atoms. The molecular weight excluding hydrogens is 316 g/mol. The van der Waals surface area contributed by atoms with Crippen LogP contribution in [-0.4, -0.2) is 48.8 Å². The van der Waals surface area contributed by atoms with Crippen molar-refractivity contribution in [3.8, 4) is 0 Å². The first kappa shape index (κ1) is 16.2. The molecule has 0 amide bonds. The summed E-state index contributed by atoms with van der Waals surface area (Å²) in [5, 5.41) is 1.79. The predicted molar refractivity (Wildman–Crippen MR) is 88.4 cm³/mol. The second-order valence-electron chi connectivity index (χ2n) is 5.61. The van der Waals surface area contributed by atoms with Gasteiger partial charge in [0.2, 0.25) is 0 Å². The van der Waals surface area contributed by atoms with Crippen molar-refractivity contribution in [1.29, 1.82) is 0 Å². The molecule has 1 atom stereocenters. The second-order valence-corrected chi connectivity index (χ2v) is 6.02. The van der Waals surface area contributed by atoms with E-state index in [9.17, 15) is 4.79 Å². The van der Waals surface area contributed by atoms with Crippen molar-refractivity contribution in [2.75, 3.05) is 26.8 Å². The molecule has 0 aliphatic carbocycles. The Morgan fingerprint density at radius 1 is 1.48 bits per heavy atom. The first-order valence-electron chi connectivity index (χ1n) is 7.60. The molecule has 3 rings (SSSR count). The summed E-state index contributed by atoms with van der Waals surface area (Å²) in [6.07, 6.45) is 1.91. The molecule has 0 radical (unpaired) electrons. The minimum absolute atomic E-state index is 0.141. The van der Waals surface area contributed by atoms with Gasteiger partial charge in [0, 0.05) is 41.8 Å². The van der Waals surface area contributed by atoms with Gasteiger partial charge in [-0.05, 0) is 12.1 Å². The molecule has 1 aliphatic heterocycles. The molecule has 2 heterocycles. The zero-order chi connectivity index (χ0) is 16.2. The minimum atomic E-state index is -0.248. The van der Waals surface area contributed by atoms with Crippen molar-refractivity contribution >= 4 is 28.5 Å². The third-order valence-electron chi connectivity index (χ3n) is 4.05. The van der Waals surface area contributed by atoms with Crippen LogP contribution in [0.3, 0.4) is 0 Å². The number of rotatable bonds is 4. The number of carbonyl (C=O) groups excluding carboxylic acids is 1. The van der Waals surface area contributed by atoms with Crippen LogP contribution in [0, 0.1) is 0 Å². The van der Waals surface area contributed by atoms with Crippen molar-refractivity contribution < 1.29 is 14.3 Å². The van der Waals surface area contributed by atoms with Crippen LogP contribution < -0.4 is 0 Å². The number of esters is 1. The van der Waals surface area contributed by atoms with E-state index in [1.807, 2.05) is 24.3 Å². The van der Waals surface area contributed by atoms with Crippen LogP contribution in [0.15, 0.2) is 30.5 Å². The fourth-order valence-corrected chi connectivity index (χ4v) is 3.08. The van der Waals surface area contributed by atoms with E-state index < -0.39 is 0 Å². The van der Waals surface area contributed by atoms with Crippen LogP contribution in [-0.2, 0) is 20.8 Å². The summed E-state index contributed by atoms with van der Waals surface area (Å²) in [7, 11) is 1.39. The SMILES string of the molecule is COC(=O)C[C@H]1CN(Cc2c(Cl)ccc3cccnc23)CCO1. The molecule has 122 valence electrons. The van der Waals surface area contributed by atoms with Gasteiger partial charge in [0.1, 0.15) is 0 Å². The topological polar surface area (TPSA) is 51.7 Å². The highest BCUT2D eigenvalue weighted by atomic mass is 35.5. The number of hydrogen-bond acceptors (Lipinski definition) is 5. The monoisotopic (exact) mass is 334 g/mol. The Hall–Kier alpha value is -1.69. The number of carbonyl (C=O) groups is 1. The van der Waals surface area contributed by atoms with Gasteiger partial charge in [-0.3, -0.25) is 14.7 Å². The maximum atomic E-state index is 11.4. The van der Waals surface area contributed by atoms with E-state index in [2.05, 4.69) is 9.88 Å². The number of hydrogen-bond donors (Lipinski definition) is 0. The Morgan fingerprint density at radius 2 is 2.35 bits per heavy atom. The third kappa shape index (κ3) is 3.80. The van der Waals surface area contributed by atoms with Crippen LogP contribution in [0.2, 0.25) is 5.02 Å². The van der Waals surface area contributed by atoms with Gasteiger partial charge in [0.15, 0.2) is 0 Å². The molecule has 1 aromatic carbocycles. The lowest BCUT2D eigenvalue weighted by atomic mass is 10.1. The molecule has 0 bridgehead atoms. The van der Waals surface area contributed by atoms with Crippen molar-refractivity contribution in [3.63, 3.8) is 0 Å². The average molecular weight is 335 g/mol. The first-order valence-corrected chi connectivity index (χ1v) is 7.98. The number of benzene rings is 1. The molecule has 1 saturated heterocycles. The van der Waals surface area contributed by atoms with Gasteiger partial charge in [-0.2, -0.15) is 0 Å². The zero-order valence-corrected chi connectivity index (χ0v) is 13.8. The maximum absolute atomic E-state index is 11.4. The zero-order valence-electron chi connectivity index (χ0n) is 13.0. The summed E-state index contributed by atoms with van der Waals surface area (Å²) < 4.78 is 10.4. The van der Waals surface area contributed by atoms with Gasteiger partial charge in [0.05, 0.1) is 31.8 Å². The van der Waals surface area contributed by atoms with Crippen molar-refractivity contribution in [2.45, 2.75) is 19.1 Å². The Balaban J connectivity index is 1.76. The van der Waals surface area contributed by atoms with Crippen molar-refractivity contribution in [1.82, 2.24) is 9.88 Å². The standard InChI is InChI=1S/C17H19ClN2O3/c1-22-16(21)9-13-10-20(7-8-23-13)11-14-15(18)5-4-12-3-2-6-19-17(12)14/h2-6,13H,7-11H2,1H3/t13-/m0/s1. The van der Waals surface area contributed by atoms with E-state index in [0.29, 0.717) is 24.7 Å². The summed E-state index contributed by atoms with van der Waals surface area (Å²) in [6.45, 7) is 2.76. The van der Waals surface area contributed by atoms with Crippen LogP contribution in [0.4, 0.5) is 0 Å². The maximum Gasteiger partial charge on any atom is 0.308 e. The Labute approximate surface area is 140 Å². The number of nitrogens with zero attached hydrogens (tertiary/aromatic N) is 2. The van der Waals surface area contributed by atoms with E-state index in [1.54, 1.807) is 6.20 Å². The van der Waals surface area contributed by atoms with Crippen LogP contribution in [0.5, 0.6) is 0 Å². The fraction of sp³-hybridized carbons (Fsp3) is 0.412. The lowest BCUT2D eigenvalue weighted by Crippen LogP contribution is -2.43. The molecule has 0 spiro atoms. The summed E-state index contributed by atoms with van der Waals surface area (Å²) in [6, 6.07) is 7.84. The molecule has 0 unspecified atom stereocenters. The normalized spacial score (nSPS) is 19.0. The summed E-state index contributed by atoms with van der Waals surface area (Å²) >= 11 is 6.39. The lowest BCUT2D eigenvalue weighted by molar-refractivity contribution is -0.145. The minimum Gasteiger partial charge on any atom is -0.469 e. The van der Waals surface area contributed by atoms with E-state index in [0.717, 1.165) is 23.0 Å². The first-order chi connectivity index (χ1) is 11.2. The number of fused-ring (bicyclic) bond motifs is 1. The van der Waals surface area contributed by atoms with Gasteiger partial charge < -0.3 is 9.47 Å². The average Bonchev–Trinajstić information content (AvgIpc) is 2.58.